The van der Waals surface area contributed by atoms with Crippen molar-refractivity contribution < 1.29 is 10.0 Å². The first-order valence-corrected chi connectivity index (χ1v) is 7.82. The number of amides is 1. The van der Waals surface area contributed by atoms with Crippen molar-refractivity contribution in [1.82, 2.24) is 10.2 Å². The molecule has 0 aliphatic heterocycles. The molecule has 22 heavy (non-hydrogen) atoms. The molecule has 2 aromatic rings. The van der Waals surface area contributed by atoms with Gasteiger partial charge in [-0.05, 0) is 28.8 Å². The second-order valence-electron chi connectivity index (χ2n) is 5.64. The van der Waals surface area contributed by atoms with E-state index in [1.165, 1.54) is 5.39 Å². The van der Waals surface area contributed by atoms with Crippen LogP contribution in [0.2, 0.25) is 0 Å². The maximum Gasteiger partial charge on any atom is 0.261 e. The number of carbonyl (C=O) groups excluding carboxylic acids is 1. The van der Waals surface area contributed by atoms with E-state index in [1.54, 1.807) is 12.1 Å². The van der Waals surface area contributed by atoms with Gasteiger partial charge < -0.3 is 0 Å². The summed E-state index contributed by atoms with van der Waals surface area (Å²) >= 11 is 0. The van der Waals surface area contributed by atoms with Gasteiger partial charge in [-0.2, -0.15) is 5.01 Å². The Morgan fingerprint density at radius 3 is 2.55 bits per heavy atom. The molecule has 0 fully saturated rings. The minimum Gasteiger partial charge on any atom is -0.271 e. The Bertz CT molecular complexity index is 627. The molecule has 0 atom stereocenters. The predicted molar refractivity (Wildman–Crippen MR) is 88.2 cm³/mol. The topological polar surface area (TPSA) is 43.8 Å². The minimum absolute atomic E-state index is 0.253. The summed E-state index contributed by atoms with van der Waals surface area (Å²) < 4.78 is 0. The fraction of sp³-hybridized carbons (Fsp3) is 0.389. The first-order valence-electron chi connectivity index (χ1n) is 7.82. The molecular weight excluding hydrogens is 276 g/mol. The molecule has 0 spiro atoms. The maximum atomic E-state index is 11.9. The number of fused-ring (bicyclic) bond motifs is 1. The first-order chi connectivity index (χ1) is 10.6. The van der Waals surface area contributed by atoms with Gasteiger partial charge in [-0.15, -0.1) is 5.17 Å². The molecule has 2 aromatic carbocycles. The lowest BCUT2D eigenvalue weighted by Crippen LogP contribution is -2.41. The third-order valence-electron chi connectivity index (χ3n) is 3.77. The van der Waals surface area contributed by atoms with E-state index in [0.717, 1.165) is 35.4 Å². The Kier molecular flexibility index (Phi) is 5.92. The zero-order valence-corrected chi connectivity index (χ0v) is 13.3. The van der Waals surface area contributed by atoms with E-state index >= 15 is 0 Å². The van der Waals surface area contributed by atoms with Crippen LogP contribution in [0.5, 0.6) is 0 Å². The van der Waals surface area contributed by atoms with Crippen LogP contribution in [-0.4, -0.2) is 28.3 Å². The number of hydroxylamine groups is 1. The van der Waals surface area contributed by atoms with Crippen LogP contribution < -0.4 is 0 Å². The normalized spacial score (nSPS) is 11.1. The second kappa shape index (κ2) is 7.92. The van der Waals surface area contributed by atoms with Crippen molar-refractivity contribution in [1.29, 1.82) is 0 Å². The molecule has 1 amide bonds. The minimum atomic E-state index is -0.253. The Morgan fingerprint density at radius 2 is 1.82 bits per heavy atom. The summed E-state index contributed by atoms with van der Waals surface area (Å²) in [4.78, 5) is 11.9. The summed E-state index contributed by atoms with van der Waals surface area (Å²) in [5.74, 6) is -0.253. The standard InChI is InChI=1S/C18H24N2O2/c1-3-4-5-10-18(21)20(22)19(2)14-15-11-12-16-8-6-7-9-17(16)13-15/h6-9,11-13,22H,3-5,10,14H2,1-2H3. The lowest BCUT2D eigenvalue weighted by molar-refractivity contribution is -0.234. The Labute approximate surface area is 131 Å². The van der Waals surface area contributed by atoms with Gasteiger partial charge in [0, 0.05) is 20.0 Å². The van der Waals surface area contributed by atoms with Crippen LogP contribution in [0.15, 0.2) is 42.5 Å². The zero-order valence-electron chi connectivity index (χ0n) is 13.3. The molecule has 0 bridgehead atoms. The van der Waals surface area contributed by atoms with Gasteiger partial charge >= 0.3 is 0 Å². The van der Waals surface area contributed by atoms with E-state index in [4.69, 9.17) is 0 Å². The zero-order chi connectivity index (χ0) is 15.9. The molecule has 0 aliphatic carbocycles. The smallest absolute Gasteiger partial charge is 0.261 e. The monoisotopic (exact) mass is 300 g/mol. The summed E-state index contributed by atoms with van der Waals surface area (Å²) in [6.45, 7) is 2.58. The molecule has 0 saturated carbocycles. The molecule has 0 aromatic heterocycles. The highest BCUT2D eigenvalue weighted by molar-refractivity contribution is 5.83. The summed E-state index contributed by atoms with van der Waals surface area (Å²) in [7, 11) is 1.72. The fourth-order valence-corrected chi connectivity index (χ4v) is 2.48. The van der Waals surface area contributed by atoms with Crippen molar-refractivity contribution in [3.63, 3.8) is 0 Å². The van der Waals surface area contributed by atoms with Crippen molar-refractivity contribution in [2.24, 2.45) is 0 Å². The molecule has 4 nitrogen and oxygen atoms in total. The highest BCUT2D eigenvalue weighted by atomic mass is 16.6. The van der Waals surface area contributed by atoms with Crippen LogP contribution in [0.3, 0.4) is 0 Å². The number of carbonyl (C=O) groups is 1. The number of rotatable bonds is 7. The number of benzene rings is 2. The van der Waals surface area contributed by atoms with Gasteiger partial charge in [-0.25, -0.2) is 0 Å². The average molecular weight is 300 g/mol. The number of hydrogen-bond acceptors (Lipinski definition) is 3. The highest BCUT2D eigenvalue weighted by Gasteiger charge is 2.15. The van der Waals surface area contributed by atoms with E-state index in [-0.39, 0.29) is 5.91 Å². The summed E-state index contributed by atoms with van der Waals surface area (Å²) in [5.41, 5.74) is 1.06. The van der Waals surface area contributed by atoms with Crippen molar-refractivity contribution in [2.75, 3.05) is 7.05 Å². The van der Waals surface area contributed by atoms with E-state index in [0.29, 0.717) is 13.0 Å². The number of hydrogen-bond donors (Lipinski definition) is 1. The third-order valence-corrected chi connectivity index (χ3v) is 3.77. The lowest BCUT2D eigenvalue weighted by Gasteiger charge is -2.25. The molecule has 0 saturated heterocycles. The maximum absolute atomic E-state index is 11.9. The Hall–Kier alpha value is -1.91. The molecule has 4 heteroatoms. The number of hydrazine groups is 1. The first kappa shape index (κ1) is 16.5. The van der Waals surface area contributed by atoms with Gasteiger partial charge in [-0.1, -0.05) is 56.2 Å². The average Bonchev–Trinajstić information content (AvgIpc) is 2.54. The molecule has 0 aliphatic rings. The molecule has 0 unspecified atom stereocenters. The van der Waals surface area contributed by atoms with Crippen LogP contribution in [0.1, 0.15) is 38.2 Å². The molecule has 0 radical (unpaired) electrons. The highest BCUT2D eigenvalue weighted by Crippen LogP contribution is 2.17. The molecular formula is C18H24N2O2. The molecule has 118 valence electrons. The van der Waals surface area contributed by atoms with Crippen molar-refractivity contribution in [2.45, 2.75) is 39.2 Å². The van der Waals surface area contributed by atoms with Gasteiger partial charge in [0.15, 0.2) is 0 Å². The van der Waals surface area contributed by atoms with Crippen molar-refractivity contribution in [3.05, 3.63) is 48.0 Å². The van der Waals surface area contributed by atoms with Crippen LogP contribution in [-0.2, 0) is 11.3 Å². The van der Waals surface area contributed by atoms with Crippen molar-refractivity contribution in [3.8, 4) is 0 Å². The Morgan fingerprint density at radius 1 is 1.09 bits per heavy atom. The van der Waals surface area contributed by atoms with E-state index in [1.807, 2.05) is 18.2 Å². The summed E-state index contributed by atoms with van der Waals surface area (Å²) in [6.07, 6.45) is 3.27. The fourth-order valence-electron chi connectivity index (χ4n) is 2.48. The predicted octanol–water partition coefficient (Wildman–Crippen LogP) is 3.98. The van der Waals surface area contributed by atoms with Crippen molar-refractivity contribution >= 4 is 16.7 Å². The molecule has 1 N–H and O–H groups in total. The van der Waals surface area contributed by atoms with Gasteiger partial charge in [0.2, 0.25) is 0 Å². The van der Waals surface area contributed by atoms with Crippen LogP contribution in [0.4, 0.5) is 0 Å². The van der Waals surface area contributed by atoms with Gasteiger partial charge in [0.05, 0.1) is 0 Å². The summed E-state index contributed by atoms with van der Waals surface area (Å²) in [5, 5.41) is 14.6. The van der Waals surface area contributed by atoms with Gasteiger partial charge in [-0.3, -0.25) is 10.0 Å². The quantitative estimate of drug-likeness (QED) is 0.478. The van der Waals surface area contributed by atoms with Gasteiger partial charge in [0.1, 0.15) is 0 Å². The van der Waals surface area contributed by atoms with Crippen LogP contribution in [0.25, 0.3) is 10.8 Å². The van der Waals surface area contributed by atoms with E-state index in [2.05, 4.69) is 31.2 Å². The molecule has 2 rings (SSSR count). The SMILES string of the molecule is CCCCCC(=O)N(O)N(C)Cc1ccc2ccccc2c1. The van der Waals surface area contributed by atoms with E-state index < -0.39 is 0 Å². The number of unbranched alkanes of at least 4 members (excludes halogenated alkanes) is 2. The lowest BCUT2D eigenvalue weighted by atomic mass is 10.1. The van der Waals surface area contributed by atoms with Gasteiger partial charge in [0.25, 0.3) is 5.91 Å². The molecule has 0 heterocycles. The summed E-state index contributed by atoms with van der Waals surface area (Å²) in [6, 6.07) is 14.3. The number of nitrogens with zero attached hydrogens (tertiary/aromatic N) is 2. The van der Waals surface area contributed by atoms with Crippen LogP contribution >= 0.6 is 0 Å². The largest absolute Gasteiger partial charge is 0.271 e. The Balaban J connectivity index is 1.97. The second-order valence-corrected chi connectivity index (χ2v) is 5.64. The van der Waals surface area contributed by atoms with Crippen LogP contribution in [0, 0.1) is 0 Å². The third kappa shape index (κ3) is 4.29. The van der Waals surface area contributed by atoms with E-state index in [9.17, 15) is 10.0 Å².